The molecular weight excluding hydrogens is 436 g/mol. The van der Waals surface area contributed by atoms with Crippen molar-refractivity contribution in [3.05, 3.63) is 54.1 Å². The molecule has 0 radical (unpaired) electrons. The fourth-order valence-electron chi connectivity index (χ4n) is 4.09. The van der Waals surface area contributed by atoms with Crippen LogP contribution in [0.3, 0.4) is 0 Å². The first-order chi connectivity index (χ1) is 16.5. The van der Waals surface area contributed by atoms with E-state index in [2.05, 4.69) is 15.3 Å². The van der Waals surface area contributed by atoms with E-state index < -0.39 is 12.0 Å². The Morgan fingerprint density at radius 3 is 2.47 bits per heavy atom. The van der Waals surface area contributed by atoms with E-state index in [1.807, 2.05) is 29.2 Å². The van der Waals surface area contributed by atoms with Crippen molar-refractivity contribution in [2.45, 2.75) is 44.6 Å². The van der Waals surface area contributed by atoms with Crippen LogP contribution in [0.25, 0.3) is 0 Å². The molecule has 182 valence electrons. The molecule has 1 atom stereocenters. The average molecular weight is 469 g/mol. The van der Waals surface area contributed by atoms with E-state index in [0.29, 0.717) is 38.8 Å². The Bertz CT molecular complexity index is 944. The molecule has 2 amide bonds. The number of benzene rings is 1. The zero-order valence-corrected chi connectivity index (χ0v) is 19.7. The molecule has 9 heteroatoms. The Balaban J connectivity index is 1.44. The molecule has 0 unspecified atom stereocenters. The van der Waals surface area contributed by atoms with Crippen LogP contribution in [0.15, 0.2) is 42.9 Å². The normalized spacial score (nSPS) is 14.8. The molecule has 0 saturated carbocycles. The number of hydrogen-bond donors (Lipinski definition) is 1. The first-order valence-corrected chi connectivity index (χ1v) is 11.5. The monoisotopic (exact) mass is 468 g/mol. The molecule has 1 aromatic heterocycles. The molecule has 0 bridgehead atoms. The van der Waals surface area contributed by atoms with Crippen molar-refractivity contribution < 1.29 is 23.9 Å². The first kappa shape index (κ1) is 25.1. The van der Waals surface area contributed by atoms with E-state index >= 15 is 0 Å². The SMILES string of the molecule is COC(=O)[C@H](Cc1ccc(OC)cc1)NC(=O)CC1CCN(C(=O)CCc2cnccn2)CC1. The standard InChI is InChI=1S/C25H32N4O5/c1-33-21-6-3-18(4-7-21)15-22(25(32)34-2)28-23(30)16-19-9-13-29(14-10-19)24(31)8-5-20-17-26-11-12-27-20/h3-4,6-7,11-12,17,19,22H,5,8-10,13-16H2,1-2H3,(H,28,30)/t22-/m0/s1. The van der Waals surface area contributed by atoms with Crippen LogP contribution in [0, 0.1) is 5.92 Å². The van der Waals surface area contributed by atoms with Crippen LogP contribution in [0.5, 0.6) is 5.75 Å². The lowest BCUT2D eigenvalue weighted by Gasteiger charge is -2.32. The van der Waals surface area contributed by atoms with E-state index in [4.69, 9.17) is 9.47 Å². The highest BCUT2D eigenvalue weighted by Crippen LogP contribution is 2.21. The summed E-state index contributed by atoms with van der Waals surface area (Å²) < 4.78 is 10.0. The number of rotatable bonds is 10. The van der Waals surface area contributed by atoms with Gasteiger partial charge in [-0.1, -0.05) is 12.1 Å². The van der Waals surface area contributed by atoms with Gasteiger partial charge in [-0.2, -0.15) is 0 Å². The third-order valence-electron chi connectivity index (χ3n) is 6.07. The molecule has 34 heavy (non-hydrogen) atoms. The Kier molecular flexibility index (Phi) is 9.37. The Morgan fingerprint density at radius 2 is 1.85 bits per heavy atom. The number of likely N-dealkylation sites (tertiary alicyclic amines) is 1. The zero-order chi connectivity index (χ0) is 24.3. The fourth-order valence-corrected chi connectivity index (χ4v) is 4.09. The zero-order valence-electron chi connectivity index (χ0n) is 19.7. The number of aromatic nitrogens is 2. The number of aryl methyl sites for hydroxylation is 1. The van der Waals surface area contributed by atoms with Crippen LogP contribution in [0.4, 0.5) is 0 Å². The van der Waals surface area contributed by atoms with Gasteiger partial charge in [-0.3, -0.25) is 19.6 Å². The van der Waals surface area contributed by atoms with Crippen molar-refractivity contribution in [1.82, 2.24) is 20.2 Å². The summed E-state index contributed by atoms with van der Waals surface area (Å²) in [6.07, 6.45) is 8.04. The lowest BCUT2D eigenvalue weighted by atomic mass is 9.92. The second-order valence-corrected chi connectivity index (χ2v) is 8.42. The molecule has 1 saturated heterocycles. The number of nitrogens with one attached hydrogen (secondary N) is 1. The van der Waals surface area contributed by atoms with Gasteiger partial charge in [0, 0.05) is 50.9 Å². The van der Waals surface area contributed by atoms with Crippen molar-refractivity contribution in [3.8, 4) is 5.75 Å². The van der Waals surface area contributed by atoms with E-state index in [1.165, 1.54) is 7.11 Å². The minimum Gasteiger partial charge on any atom is -0.497 e. The molecule has 1 N–H and O–H groups in total. The van der Waals surface area contributed by atoms with E-state index in [9.17, 15) is 14.4 Å². The molecule has 2 aromatic rings. The number of methoxy groups -OCH3 is 2. The molecule has 0 spiro atoms. The quantitative estimate of drug-likeness (QED) is 0.531. The van der Waals surface area contributed by atoms with Gasteiger partial charge in [-0.15, -0.1) is 0 Å². The Hall–Kier alpha value is -3.49. The molecule has 3 rings (SSSR count). The number of esters is 1. The number of amides is 2. The summed E-state index contributed by atoms with van der Waals surface area (Å²) in [4.78, 5) is 47.5. The lowest BCUT2D eigenvalue weighted by Crippen LogP contribution is -2.44. The van der Waals surface area contributed by atoms with Crippen molar-refractivity contribution >= 4 is 17.8 Å². The van der Waals surface area contributed by atoms with Gasteiger partial charge in [0.15, 0.2) is 0 Å². The van der Waals surface area contributed by atoms with E-state index in [1.54, 1.807) is 25.7 Å². The van der Waals surface area contributed by atoms with E-state index in [0.717, 1.165) is 29.8 Å². The number of carbonyl (C=O) groups excluding carboxylic acids is 3. The third kappa shape index (κ3) is 7.54. The molecule has 1 fully saturated rings. The summed E-state index contributed by atoms with van der Waals surface area (Å²) >= 11 is 0. The first-order valence-electron chi connectivity index (χ1n) is 11.5. The molecule has 2 heterocycles. The molecule has 0 aliphatic carbocycles. The van der Waals surface area contributed by atoms with Gasteiger partial charge in [0.05, 0.1) is 19.9 Å². The van der Waals surface area contributed by atoms with Gasteiger partial charge in [-0.25, -0.2) is 4.79 Å². The highest BCUT2D eigenvalue weighted by molar-refractivity contribution is 5.84. The van der Waals surface area contributed by atoms with Gasteiger partial charge in [0.25, 0.3) is 0 Å². The molecule has 1 aromatic carbocycles. The number of nitrogens with zero attached hydrogens (tertiary/aromatic N) is 3. The number of piperidine rings is 1. The molecular formula is C25H32N4O5. The topological polar surface area (TPSA) is 111 Å². The smallest absolute Gasteiger partial charge is 0.328 e. The Labute approximate surface area is 199 Å². The van der Waals surface area contributed by atoms with Crippen molar-refractivity contribution in [1.29, 1.82) is 0 Å². The minimum atomic E-state index is -0.756. The second-order valence-electron chi connectivity index (χ2n) is 8.42. The van der Waals surface area contributed by atoms with Crippen LogP contribution in [0.1, 0.15) is 36.9 Å². The Morgan fingerprint density at radius 1 is 1.12 bits per heavy atom. The maximum absolute atomic E-state index is 12.7. The molecule has 1 aliphatic rings. The second kappa shape index (κ2) is 12.7. The third-order valence-corrected chi connectivity index (χ3v) is 6.07. The van der Waals surface area contributed by atoms with E-state index in [-0.39, 0.29) is 17.7 Å². The predicted molar refractivity (Wildman–Crippen MR) is 125 cm³/mol. The number of hydrogen-bond acceptors (Lipinski definition) is 7. The number of carbonyl (C=O) groups is 3. The van der Waals surface area contributed by atoms with Gasteiger partial charge in [-0.05, 0) is 42.9 Å². The minimum absolute atomic E-state index is 0.0961. The van der Waals surface area contributed by atoms with Crippen LogP contribution in [-0.4, -0.2) is 66.0 Å². The fraction of sp³-hybridized carbons (Fsp3) is 0.480. The van der Waals surface area contributed by atoms with Crippen LogP contribution in [-0.2, 0) is 32.0 Å². The number of ether oxygens (including phenoxy) is 2. The lowest BCUT2D eigenvalue weighted by molar-refractivity contribution is -0.145. The average Bonchev–Trinajstić information content (AvgIpc) is 2.87. The van der Waals surface area contributed by atoms with Gasteiger partial charge in [0.1, 0.15) is 11.8 Å². The molecule has 9 nitrogen and oxygen atoms in total. The van der Waals surface area contributed by atoms with Gasteiger partial charge < -0.3 is 19.7 Å². The van der Waals surface area contributed by atoms with Crippen molar-refractivity contribution in [3.63, 3.8) is 0 Å². The summed E-state index contributed by atoms with van der Waals surface area (Å²) in [7, 11) is 2.90. The summed E-state index contributed by atoms with van der Waals surface area (Å²) in [6, 6.07) is 6.59. The highest BCUT2D eigenvalue weighted by Gasteiger charge is 2.27. The van der Waals surface area contributed by atoms with Gasteiger partial charge in [0.2, 0.25) is 11.8 Å². The maximum atomic E-state index is 12.7. The van der Waals surface area contributed by atoms with Crippen LogP contribution >= 0.6 is 0 Å². The van der Waals surface area contributed by atoms with Crippen molar-refractivity contribution in [2.24, 2.45) is 5.92 Å². The maximum Gasteiger partial charge on any atom is 0.328 e. The van der Waals surface area contributed by atoms with Gasteiger partial charge >= 0.3 is 5.97 Å². The predicted octanol–water partition coefficient (Wildman–Crippen LogP) is 1.95. The van der Waals surface area contributed by atoms with Crippen LogP contribution < -0.4 is 10.1 Å². The summed E-state index contributed by atoms with van der Waals surface area (Å²) in [5.74, 6) is 0.326. The largest absolute Gasteiger partial charge is 0.497 e. The molecule has 1 aliphatic heterocycles. The summed E-state index contributed by atoms with van der Waals surface area (Å²) in [5.41, 5.74) is 1.70. The van der Waals surface area contributed by atoms with Crippen molar-refractivity contribution in [2.75, 3.05) is 27.3 Å². The highest BCUT2D eigenvalue weighted by atomic mass is 16.5. The van der Waals surface area contributed by atoms with Crippen LogP contribution in [0.2, 0.25) is 0 Å². The summed E-state index contributed by atoms with van der Waals surface area (Å²) in [6.45, 7) is 1.26. The summed E-state index contributed by atoms with van der Waals surface area (Å²) in [5, 5.41) is 2.83.